The maximum absolute atomic E-state index is 10.7. The summed E-state index contributed by atoms with van der Waals surface area (Å²) >= 11 is 0. The molecule has 0 saturated carbocycles. The van der Waals surface area contributed by atoms with Gasteiger partial charge in [0.15, 0.2) is 0 Å². The van der Waals surface area contributed by atoms with E-state index in [1.54, 1.807) is 0 Å². The minimum atomic E-state index is -0.0880. The first kappa shape index (κ1) is 7.50. The first-order chi connectivity index (χ1) is 5.92. The maximum atomic E-state index is 10.7. The normalized spacial score (nSPS) is 21.5. The van der Waals surface area contributed by atoms with Crippen LogP contribution in [-0.4, -0.2) is 12.8 Å². The van der Waals surface area contributed by atoms with Gasteiger partial charge in [-0.25, -0.2) is 0 Å². The zero-order valence-electron chi connectivity index (χ0n) is 6.79. The largest absolute Gasteiger partial charge is 0.304 e. The fourth-order valence-electron chi connectivity index (χ4n) is 1.66. The van der Waals surface area contributed by atoms with Gasteiger partial charge >= 0.3 is 0 Å². The molecule has 2 nitrogen and oxygen atoms in total. The van der Waals surface area contributed by atoms with E-state index < -0.39 is 0 Å². The van der Waals surface area contributed by atoms with Crippen molar-refractivity contribution < 1.29 is 4.79 Å². The Morgan fingerprint density at radius 3 is 3.08 bits per heavy atom. The van der Waals surface area contributed by atoms with Gasteiger partial charge in [-0.05, 0) is 17.5 Å². The molecule has 1 atom stereocenters. The Bertz CT molecular complexity index is 296. The lowest BCUT2D eigenvalue weighted by atomic mass is 9.95. The van der Waals surface area contributed by atoms with Gasteiger partial charge in [0.05, 0.1) is 6.04 Å². The number of aldehydes is 1. The molecular weight excluding hydrogens is 150 g/mol. The van der Waals surface area contributed by atoms with Crippen LogP contribution in [0.4, 0.5) is 0 Å². The van der Waals surface area contributed by atoms with Crippen molar-refractivity contribution in [1.82, 2.24) is 5.32 Å². The molecule has 0 amide bonds. The summed E-state index contributed by atoms with van der Waals surface area (Å²) in [6.07, 6.45) is 2.00. The Morgan fingerprint density at radius 1 is 1.42 bits per heavy atom. The molecule has 0 spiro atoms. The van der Waals surface area contributed by atoms with Crippen molar-refractivity contribution in [3.8, 4) is 0 Å². The second-order valence-electron chi connectivity index (χ2n) is 3.02. The third-order valence-corrected chi connectivity index (χ3v) is 2.28. The van der Waals surface area contributed by atoms with E-state index in [-0.39, 0.29) is 6.04 Å². The Balaban J connectivity index is 2.43. The Hall–Kier alpha value is -1.15. The van der Waals surface area contributed by atoms with Crippen LogP contribution in [0.3, 0.4) is 0 Å². The molecule has 0 aliphatic carbocycles. The van der Waals surface area contributed by atoms with Crippen LogP contribution in [0.2, 0.25) is 0 Å². The molecule has 0 unspecified atom stereocenters. The van der Waals surface area contributed by atoms with Crippen LogP contribution in [0.1, 0.15) is 17.2 Å². The van der Waals surface area contributed by atoms with Crippen LogP contribution in [0.25, 0.3) is 0 Å². The molecule has 0 radical (unpaired) electrons. The number of hydrogen-bond acceptors (Lipinski definition) is 2. The van der Waals surface area contributed by atoms with Gasteiger partial charge in [0.2, 0.25) is 0 Å². The van der Waals surface area contributed by atoms with Gasteiger partial charge in [0.1, 0.15) is 6.29 Å². The minimum Gasteiger partial charge on any atom is -0.304 e. The lowest BCUT2D eigenvalue weighted by Gasteiger charge is -2.22. The van der Waals surface area contributed by atoms with Gasteiger partial charge in [0.25, 0.3) is 0 Å². The predicted octanol–water partition coefficient (Wildman–Crippen LogP) is 1.07. The lowest BCUT2D eigenvalue weighted by molar-refractivity contribution is -0.109. The first-order valence-corrected chi connectivity index (χ1v) is 4.18. The molecule has 1 aromatic rings. The van der Waals surface area contributed by atoms with Crippen LogP contribution in [0, 0.1) is 0 Å². The summed E-state index contributed by atoms with van der Waals surface area (Å²) < 4.78 is 0. The monoisotopic (exact) mass is 161 g/mol. The summed E-state index contributed by atoms with van der Waals surface area (Å²) in [5, 5.41) is 3.16. The summed E-state index contributed by atoms with van der Waals surface area (Å²) in [7, 11) is 0. The van der Waals surface area contributed by atoms with E-state index in [1.165, 1.54) is 5.56 Å². The molecule has 1 aromatic carbocycles. The van der Waals surface area contributed by atoms with Gasteiger partial charge in [-0.3, -0.25) is 0 Å². The quantitative estimate of drug-likeness (QED) is 0.624. The highest BCUT2D eigenvalue weighted by molar-refractivity contribution is 5.63. The number of rotatable bonds is 1. The molecule has 1 aliphatic rings. The molecule has 12 heavy (non-hydrogen) atoms. The van der Waals surface area contributed by atoms with E-state index in [1.807, 2.05) is 18.2 Å². The van der Waals surface area contributed by atoms with E-state index >= 15 is 0 Å². The van der Waals surface area contributed by atoms with Gasteiger partial charge in [-0.2, -0.15) is 0 Å². The number of hydrogen-bond donors (Lipinski definition) is 1. The summed E-state index contributed by atoms with van der Waals surface area (Å²) in [6.45, 7) is 0.903. The average Bonchev–Trinajstić information content (AvgIpc) is 2.17. The van der Waals surface area contributed by atoms with E-state index in [0.717, 1.165) is 24.8 Å². The Labute approximate surface area is 71.6 Å². The molecule has 62 valence electrons. The number of benzene rings is 1. The fraction of sp³-hybridized carbons (Fsp3) is 0.300. The van der Waals surface area contributed by atoms with Crippen molar-refractivity contribution in [1.29, 1.82) is 0 Å². The molecule has 1 heterocycles. The topological polar surface area (TPSA) is 29.1 Å². The zero-order chi connectivity index (χ0) is 8.39. The fourth-order valence-corrected chi connectivity index (χ4v) is 1.66. The van der Waals surface area contributed by atoms with Crippen molar-refractivity contribution in [3.05, 3.63) is 35.4 Å². The zero-order valence-corrected chi connectivity index (χ0v) is 6.79. The summed E-state index contributed by atoms with van der Waals surface area (Å²) in [4.78, 5) is 10.7. The highest BCUT2D eigenvalue weighted by Crippen LogP contribution is 2.20. The van der Waals surface area contributed by atoms with E-state index in [4.69, 9.17) is 0 Å². The van der Waals surface area contributed by atoms with E-state index in [9.17, 15) is 4.79 Å². The van der Waals surface area contributed by atoms with Crippen LogP contribution >= 0.6 is 0 Å². The molecule has 1 N–H and O–H groups in total. The summed E-state index contributed by atoms with van der Waals surface area (Å²) in [5.74, 6) is 0. The molecule has 0 bridgehead atoms. The second-order valence-corrected chi connectivity index (χ2v) is 3.02. The predicted molar refractivity (Wildman–Crippen MR) is 47.0 cm³/mol. The highest BCUT2D eigenvalue weighted by Gasteiger charge is 2.17. The molecule has 0 fully saturated rings. The van der Waals surface area contributed by atoms with E-state index in [0.29, 0.717) is 0 Å². The molecular formula is C10H11NO. The number of carbonyl (C=O) groups is 1. The smallest absolute Gasteiger partial charge is 0.141 e. The van der Waals surface area contributed by atoms with Crippen molar-refractivity contribution in [2.24, 2.45) is 0 Å². The average molecular weight is 161 g/mol. The van der Waals surface area contributed by atoms with Crippen LogP contribution in [0.15, 0.2) is 24.3 Å². The van der Waals surface area contributed by atoms with Gasteiger partial charge in [-0.15, -0.1) is 0 Å². The summed E-state index contributed by atoms with van der Waals surface area (Å²) in [6, 6.07) is 8.01. The third kappa shape index (κ3) is 1.14. The molecule has 2 heteroatoms. The SMILES string of the molecule is O=C[C@@H]1NCCc2ccccc21. The number of fused-ring (bicyclic) bond motifs is 1. The lowest BCUT2D eigenvalue weighted by Crippen LogP contribution is -2.30. The molecule has 2 rings (SSSR count). The van der Waals surface area contributed by atoms with Crippen molar-refractivity contribution in [3.63, 3.8) is 0 Å². The number of nitrogens with one attached hydrogen (secondary N) is 1. The summed E-state index contributed by atoms with van der Waals surface area (Å²) in [5.41, 5.74) is 2.44. The molecule has 0 saturated heterocycles. The minimum absolute atomic E-state index is 0.0880. The van der Waals surface area contributed by atoms with Gasteiger partial charge in [0, 0.05) is 6.54 Å². The third-order valence-electron chi connectivity index (χ3n) is 2.28. The molecule has 0 aromatic heterocycles. The van der Waals surface area contributed by atoms with Crippen LogP contribution < -0.4 is 5.32 Å². The van der Waals surface area contributed by atoms with E-state index in [2.05, 4.69) is 11.4 Å². The van der Waals surface area contributed by atoms with Crippen molar-refractivity contribution in [2.45, 2.75) is 12.5 Å². The Kier molecular flexibility index (Phi) is 1.92. The van der Waals surface area contributed by atoms with Crippen LogP contribution in [0.5, 0.6) is 0 Å². The standard InChI is InChI=1S/C10H11NO/c12-7-10-9-4-2-1-3-8(9)5-6-11-10/h1-4,7,10-11H,5-6H2/t10-/m0/s1. The first-order valence-electron chi connectivity index (χ1n) is 4.18. The van der Waals surface area contributed by atoms with Crippen molar-refractivity contribution >= 4 is 6.29 Å². The van der Waals surface area contributed by atoms with Gasteiger partial charge < -0.3 is 10.1 Å². The Morgan fingerprint density at radius 2 is 2.25 bits per heavy atom. The number of carbonyl (C=O) groups excluding carboxylic acids is 1. The van der Waals surface area contributed by atoms with Gasteiger partial charge in [-0.1, -0.05) is 24.3 Å². The second kappa shape index (κ2) is 3.07. The molecule has 1 aliphatic heterocycles. The van der Waals surface area contributed by atoms with Crippen LogP contribution in [-0.2, 0) is 11.2 Å². The highest BCUT2D eigenvalue weighted by atomic mass is 16.1. The van der Waals surface area contributed by atoms with Crippen molar-refractivity contribution in [2.75, 3.05) is 6.54 Å². The maximum Gasteiger partial charge on any atom is 0.141 e.